The molecule has 0 bridgehead atoms. The Morgan fingerprint density at radius 1 is 1.45 bits per heavy atom. The third kappa shape index (κ3) is 25.1. The van der Waals surface area contributed by atoms with E-state index in [1.807, 2.05) is 0 Å². The number of aromatic nitrogens is 1. The summed E-state index contributed by atoms with van der Waals surface area (Å²) in [5, 5.41) is 0. The molecule has 0 spiro atoms. The van der Waals surface area contributed by atoms with E-state index in [0.29, 0.717) is 0 Å². The smallest absolute Gasteiger partial charge is 0.598 e. The minimum absolute atomic E-state index is 0. The predicted molar refractivity (Wildman–Crippen MR) is 33.5 cm³/mol. The molecule has 0 unspecified atom stereocenters. The monoisotopic (exact) mass is 206 g/mol. The van der Waals surface area contributed by atoms with E-state index in [1.165, 1.54) is 12.7 Å². The first-order chi connectivity index (χ1) is 4.23. The molecule has 0 aromatic carbocycles. The Kier molecular flexibility index (Phi) is 20.8. The van der Waals surface area contributed by atoms with Gasteiger partial charge in [0, 0.05) is 0 Å². The average Bonchev–Trinajstić information content (AvgIpc) is 2.11. The van der Waals surface area contributed by atoms with Crippen LogP contribution in [0.2, 0.25) is 0 Å². The van der Waals surface area contributed by atoms with Crippen LogP contribution in [0.3, 0.4) is 0 Å². The number of oxazole rings is 1. The second-order valence-electron chi connectivity index (χ2n) is 0.899. The Morgan fingerprint density at radius 3 is 2.00 bits per heavy atom. The van der Waals surface area contributed by atoms with Crippen molar-refractivity contribution in [3.05, 3.63) is 18.9 Å². The quantitative estimate of drug-likeness (QED) is 0.353. The zero-order valence-corrected chi connectivity index (χ0v) is 8.57. The Morgan fingerprint density at radius 2 is 1.91 bits per heavy atom. The number of hydrogen-bond acceptors (Lipinski definition) is 5. The molecular weight excluding hydrogens is 201 g/mol. The largest absolute Gasteiger partial charge is 2.00 e. The summed E-state index contributed by atoms with van der Waals surface area (Å²) in [6.45, 7) is 0. The van der Waals surface area contributed by atoms with Crippen molar-refractivity contribution in [1.82, 2.24) is 4.98 Å². The van der Waals surface area contributed by atoms with E-state index in [2.05, 4.69) is 9.40 Å². The minimum atomic E-state index is -3.37. The molecule has 2 N–H and O–H groups in total. The van der Waals surface area contributed by atoms with Crippen LogP contribution in [-0.2, 0) is 4.57 Å². The van der Waals surface area contributed by atoms with Gasteiger partial charge in [0.1, 0.15) is 6.26 Å². The fourth-order valence-electron chi connectivity index (χ4n) is 0.176. The van der Waals surface area contributed by atoms with Crippen molar-refractivity contribution in [1.29, 1.82) is 0 Å². The summed E-state index contributed by atoms with van der Waals surface area (Å²) in [5.41, 5.74) is 0. The van der Waals surface area contributed by atoms with Crippen LogP contribution in [0.4, 0.5) is 0 Å². The molecule has 0 saturated carbocycles. The van der Waals surface area contributed by atoms with Gasteiger partial charge in [0.15, 0.2) is 6.39 Å². The van der Waals surface area contributed by atoms with Gasteiger partial charge < -0.3 is 19.7 Å². The van der Waals surface area contributed by atoms with E-state index < -0.39 is 8.25 Å². The predicted octanol–water partition coefficient (Wildman–Crippen LogP) is -2.17. The number of rotatable bonds is 0. The Labute approximate surface area is 93.5 Å². The summed E-state index contributed by atoms with van der Waals surface area (Å²) in [7, 11) is -3.37. The average molecular weight is 206 g/mol. The van der Waals surface area contributed by atoms with Crippen LogP contribution < -0.4 is 9.79 Å². The van der Waals surface area contributed by atoms with Crippen molar-refractivity contribution >= 4 is 46.0 Å². The van der Waals surface area contributed by atoms with Crippen LogP contribution in [-0.4, -0.2) is 48.2 Å². The van der Waals surface area contributed by atoms with Crippen molar-refractivity contribution in [2.24, 2.45) is 0 Å². The molecule has 0 fully saturated rings. The minimum Gasteiger partial charge on any atom is -0.598 e. The van der Waals surface area contributed by atoms with E-state index in [1.54, 1.807) is 6.20 Å². The number of nitrogens with zero attached hydrogens (tertiary/aromatic N) is 1. The molecule has 0 amide bonds. The molecule has 6 nitrogen and oxygen atoms in total. The van der Waals surface area contributed by atoms with Gasteiger partial charge in [-0.15, -0.1) is 0 Å². The van der Waals surface area contributed by atoms with Gasteiger partial charge in [-0.3, -0.25) is 0 Å². The summed E-state index contributed by atoms with van der Waals surface area (Å²) >= 11 is 0. The summed E-state index contributed by atoms with van der Waals surface area (Å²) in [6.07, 6.45) is 4.47. The van der Waals surface area contributed by atoms with Gasteiger partial charge >= 0.3 is 37.7 Å². The van der Waals surface area contributed by atoms with E-state index in [0.717, 1.165) is 0 Å². The SMILES string of the molecule is O.O=[P+]([O-])[O-].[Ca+2].c1cocn1. The molecule has 1 rings (SSSR count). The van der Waals surface area contributed by atoms with Crippen molar-refractivity contribution in [2.45, 2.75) is 0 Å². The second-order valence-corrected chi connectivity index (χ2v) is 1.35. The maximum absolute atomic E-state index is 8.48. The van der Waals surface area contributed by atoms with E-state index in [9.17, 15) is 0 Å². The molecule has 0 aliphatic rings. The Bertz CT molecular complexity index is 136. The summed E-state index contributed by atoms with van der Waals surface area (Å²) in [6, 6.07) is 0. The molecule has 1 aromatic rings. The van der Waals surface area contributed by atoms with Gasteiger partial charge in [-0.25, -0.2) is 4.98 Å². The molecule has 0 aliphatic carbocycles. The molecule has 0 atom stereocenters. The van der Waals surface area contributed by atoms with Gasteiger partial charge in [-0.2, -0.15) is 0 Å². The van der Waals surface area contributed by atoms with Crippen LogP contribution in [0.25, 0.3) is 0 Å². The first-order valence-electron chi connectivity index (χ1n) is 1.87. The maximum Gasteiger partial charge on any atom is 2.00 e. The number of hydrogen-bond donors (Lipinski definition) is 0. The molecule has 0 aliphatic heterocycles. The van der Waals surface area contributed by atoms with Crippen LogP contribution in [0.5, 0.6) is 0 Å². The first-order valence-corrected chi connectivity index (χ1v) is 2.96. The molecule has 58 valence electrons. The van der Waals surface area contributed by atoms with Gasteiger partial charge in [0.25, 0.3) is 8.25 Å². The van der Waals surface area contributed by atoms with Crippen molar-refractivity contribution in [3.8, 4) is 0 Å². The maximum atomic E-state index is 8.48. The van der Waals surface area contributed by atoms with Crippen LogP contribution in [0, 0.1) is 0 Å². The molecule has 0 radical (unpaired) electrons. The fraction of sp³-hybridized carbons (Fsp3) is 0. The molecule has 11 heavy (non-hydrogen) atoms. The van der Waals surface area contributed by atoms with Crippen molar-refractivity contribution in [3.63, 3.8) is 0 Å². The fourth-order valence-corrected chi connectivity index (χ4v) is 0.176. The molecular formula is C3H5CaNO5P+. The van der Waals surface area contributed by atoms with Gasteiger partial charge in [-0.05, 0) is 0 Å². The van der Waals surface area contributed by atoms with Crippen LogP contribution in [0.15, 0.2) is 23.3 Å². The molecule has 1 aromatic heterocycles. The molecule has 8 heteroatoms. The third-order valence-electron chi connectivity index (χ3n) is 0.347. The summed E-state index contributed by atoms with van der Waals surface area (Å²) in [4.78, 5) is 20.5. The van der Waals surface area contributed by atoms with Gasteiger partial charge in [0.05, 0.1) is 6.20 Å². The first kappa shape index (κ1) is 17.5. The van der Waals surface area contributed by atoms with Crippen LogP contribution >= 0.6 is 8.25 Å². The standard InChI is InChI=1S/C3H3NO.Ca.HO3P.H2O/c1-2-5-3-4-1;;1-4(2)3;/h1-3H;;(H,1,2,3);1H2/q;+2;;/p-1. The topological polar surface area (TPSA) is 121 Å². The zero-order chi connectivity index (χ0) is 7.11. The second kappa shape index (κ2) is 13.1. The van der Waals surface area contributed by atoms with E-state index in [-0.39, 0.29) is 43.2 Å². The summed E-state index contributed by atoms with van der Waals surface area (Å²) < 4.78 is 13.0. The summed E-state index contributed by atoms with van der Waals surface area (Å²) in [5.74, 6) is 0. The van der Waals surface area contributed by atoms with Crippen LogP contribution in [0.1, 0.15) is 0 Å². The van der Waals surface area contributed by atoms with Gasteiger partial charge in [-0.1, -0.05) is 4.57 Å². The van der Waals surface area contributed by atoms with E-state index >= 15 is 0 Å². The Hall–Kier alpha value is 0.450. The Balaban J connectivity index is -0.000000101. The zero-order valence-electron chi connectivity index (χ0n) is 5.47. The molecule has 0 saturated heterocycles. The van der Waals surface area contributed by atoms with Gasteiger partial charge in [0.2, 0.25) is 0 Å². The van der Waals surface area contributed by atoms with Crippen molar-refractivity contribution in [2.75, 3.05) is 0 Å². The third-order valence-corrected chi connectivity index (χ3v) is 0.347. The molecule has 1 heterocycles. The normalized spacial score (nSPS) is 6.00. The van der Waals surface area contributed by atoms with Crippen molar-refractivity contribution < 1.29 is 24.2 Å². The van der Waals surface area contributed by atoms with E-state index in [4.69, 9.17) is 14.4 Å².